The van der Waals surface area contributed by atoms with Gasteiger partial charge < -0.3 is 18.6 Å². The number of fused-ring (bicyclic) bond motifs is 1. The molecule has 6 heteroatoms. The second kappa shape index (κ2) is 6.28. The summed E-state index contributed by atoms with van der Waals surface area (Å²) >= 11 is 3.38. The number of benzene rings is 1. The Bertz CT molecular complexity index is 632. The normalized spacial score (nSPS) is 10.8. The molecule has 0 saturated heterocycles. The number of halogens is 1. The highest BCUT2D eigenvalue weighted by Crippen LogP contribution is 2.34. The van der Waals surface area contributed by atoms with Gasteiger partial charge in [0.1, 0.15) is 29.3 Å². The first-order chi connectivity index (χ1) is 9.58. The minimum Gasteiger partial charge on any atom is -0.496 e. The fraction of sp³-hybridized carbons (Fsp3) is 0.357. The first kappa shape index (κ1) is 14.9. The first-order valence-electron chi connectivity index (χ1n) is 6.01. The fourth-order valence-corrected chi connectivity index (χ4v) is 2.40. The van der Waals surface area contributed by atoms with E-state index in [4.69, 9.17) is 18.6 Å². The van der Waals surface area contributed by atoms with E-state index in [2.05, 4.69) is 15.9 Å². The van der Waals surface area contributed by atoms with Gasteiger partial charge in [-0.1, -0.05) is 0 Å². The summed E-state index contributed by atoms with van der Waals surface area (Å²) in [5.74, 6) is 0.717. The standard InChI is InChI=1S/C14H15BrO5/c1-8-13(14(16)19-5-4-17-2)9-6-12(18-3)10(15)7-11(9)20-8/h6-7H,4-5H2,1-3H3. The van der Waals surface area contributed by atoms with E-state index in [1.807, 2.05) is 0 Å². The van der Waals surface area contributed by atoms with Gasteiger partial charge in [0.15, 0.2) is 0 Å². The van der Waals surface area contributed by atoms with Crippen LogP contribution >= 0.6 is 15.9 Å². The first-order valence-corrected chi connectivity index (χ1v) is 6.80. The Balaban J connectivity index is 2.41. The van der Waals surface area contributed by atoms with E-state index < -0.39 is 5.97 Å². The van der Waals surface area contributed by atoms with Gasteiger partial charge in [0, 0.05) is 12.5 Å². The van der Waals surface area contributed by atoms with Crippen LogP contribution in [0.15, 0.2) is 21.0 Å². The Morgan fingerprint density at radius 3 is 2.70 bits per heavy atom. The van der Waals surface area contributed by atoms with Gasteiger partial charge >= 0.3 is 5.97 Å². The number of esters is 1. The predicted molar refractivity (Wildman–Crippen MR) is 77.4 cm³/mol. The molecule has 108 valence electrons. The lowest BCUT2D eigenvalue weighted by Crippen LogP contribution is -2.10. The van der Waals surface area contributed by atoms with Gasteiger partial charge in [0.2, 0.25) is 0 Å². The number of hydrogen-bond donors (Lipinski definition) is 0. The van der Waals surface area contributed by atoms with Crippen LogP contribution in [-0.4, -0.2) is 33.4 Å². The van der Waals surface area contributed by atoms with Crippen LogP contribution in [0.25, 0.3) is 11.0 Å². The topological polar surface area (TPSA) is 57.9 Å². The predicted octanol–water partition coefficient (Wildman–Crippen LogP) is 3.32. The second-order valence-corrected chi connectivity index (χ2v) is 5.00. The van der Waals surface area contributed by atoms with E-state index in [0.717, 1.165) is 4.47 Å². The summed E-state index contributed by atoms with van der Waals surface area (Å²) in [5, 5.41) is 0.671. The third-order valence-corrected chi connectivity index (χ3v) is 3.48. The molecule has 0 bridgehead atoms. The Hall–Kier alpha value is -1.53. The van der Waals surface area contributed by atoms with Crippen LogP contribution in [0.1, 0.15) is 16.1 Å². The maximum Gasteiger partial charge on any atom is 0.342 e. The zero-order chi connectivity index (χ0) is 14.7. The maximum absolute atomic E-state index is 12.1. The Morgan fingerprint density at radius 1 is 1.30 bits per heavy atom. The molecule has 2 rings (SSSR count). The summed E-state index contributed by atoms with van der Waals surface area (Å²) in [7, 11) is 3.12. The van der Waals surface area contributed by atoms with Crippen LogP contribution in [0.2, 0.25) is 0 Å². The quantitative estimate of drug-likeness (QED) is 0.616. The molecule has 0 aliphatic rings. The molecule has 0 atom stereocenters. The van der Waals surface area contributed by atoms with E-state index >= 15 is 0 Å². The Kier molecular flexibility index (Phi) is 4.67. The molecule has 0 saturated carbocycles. The SMILES string of the molecule is COCCOC(=O)c1c(C)oc2cc(Br)c(OC)cc12. The third-order valence-electron chi connectivity index (χ3n) is 2.86. The number of ether oxygens (including phenoxy) is 3. The van der Waals surface area contributed by atoms with Crippen molar-refractivity contribution in [2.24, 2.45) is 0 Å². The Morgan fingerprint density at radius 2 is 2.05 bits per heavy atom. The van der Waals surface area contributed by atoms with E-state index in [9.17, 15) is 4.79 Å². The van der Waals surface area contributed by atoms with Gasteiger partial charge in [-0.25, -0.2) is 4.79 Å². The van der Waals surface area contributed by atoms with Crippen LogP contribution in [0.4, 0.5) is 0 Å². The molecule has 0 amide bonds. The summed E-state index contributed by atoms with van der Waals surface area (Å²) in [6.45, 7) is 2.29. The summed E-state index contributed by atoms with van der Waals surface area (Å²) in [5.41, 5.74) is 1.02. The number of carbonyl (C=O) groups excluding carboxylic acids is 1. The third kappa shape index (κ3) is 2.81. The highest BCUT2D eigenvalue weighted by Gasteiger charge is 2.21. The number of rotatable bonds is 5. The van der Waals surface area contributed by atoms with Crippen molar-refractivity contribution in [2.75, 3.05) is 27.4 Å². The van der Waals surface area contributed by atoms with Gasteiger partial charge in [-0.3, -0.25) is 0 Å². The number of aryl methyl sites for hydroxylation is 1. The summed E-state index contributed by atoms with van der Waals surface area (Å²) in [6.07, 6.45) is 0. The van der Waals surface area contributed by atoms with Gasteiger partial charge in [-0.15, -0.1) is 0 Å². The molecule has 0 unspecified atom stereocenters. The van der Waals surface area contributed by atoms with Crippen molar-refractivity contribution >= 4 is 32.9 Å². The maximum atomic E-state index is 12.1. The molecule has 0 radical (unpaired) electrons. The van der Waals surface area contributed by atoms with E-state index in [0.29, 0.717) is 34.6 Å². The van der Waals surface area contributed by atoms with Crippen LogP contribution in [0.3, 0.4) is 0 Å². The smallest absolute Gasteiger partial charge is 0.342 e. The van der Waals surface area contributed by atoms with Crippen molar-refractivity contribution in [2.45, 2.75) is 6.92 Å². The van der Waals surface area contributed by atoms with E-state index in [1.54, 1.807) is 33.3 Å². The van der Waals surface area contributed by atoms with Crippen molar-refractivity contribution in [1.82, 2.24) is 0 Å². The van der Waals surface area contributed by atoms with Gasteiger partial charge in [0.25, 0.3) is 0 Å². The molecule has 0 N–H and O–H groups in total. The zero-order valence-electron chi connectivity index (χ0n) is 11.5. The molecule has 0 aliphatic carbocycles. The minimum absolute atomic E-state index is 0.203. The fourth-order valence-electron chi connectivity index (χ4n) is 1.92. The molecule has 1 heterocycles. The highest BCUT2D eigenvalue weighted by molar-refractivity contribution is 9.10. The molecular weight excluding hydrogens is 328 g/mol. The minimum atomic E-state index is -0.428. The molecule has 0 spiro atoms. The molecule has 1 aromatic carbocycles. The largest absolute Gasteiger partial charge is 0.496 e. The van der Waals surface area contributed by atoms with Crippen molar-refractivity contribution in [1.29, 1.82) is 0 Å². The number of furan rings is 1. The number of methoxy groups -OCH3 is 2. The second-order valence-electron chi connectivity index (χ2n) is 4.14. The highest BCUT2D eigenvalue weighted by atomic mass is 79.9. The van der Waals surface area contributed by atoms with Crippen LogP contribution < -0.4 is 4.74 Å². The van der Waals surface area contributed by atoms with Gasteiger partial charge in [-0.2, -0.15) is 0 Å². The summed E-state index contributed by atoms with van der Waals surface area (Å²) in [6, 6.07) is 3.52. The van der Waals surface area contributed by atoms with Gasteiger partial charge in [-0.05, 0) is 35.0 Å². The molecule has 2 aromatic rings. The van der Waals surface area contributed by atoms with Crippen molar-refractivity contribution in [3.8, 4) is 5.75 Å². The van der Waals surface area contributed by atoms with E-state index in [1.165, 1.54) is 0 Å². The monoisotopic (exact) mass is 342 g/mol. The average molecular weight is 343 g/mol. The number of hydrogen-bond acceptors (Lipinski definition) is 5. The summed E-state index contributed by atoms with van der Waals surface area (Å²) in [4.78, 5) is 12.1. The zero-order valence-corrected chi connectivity index (χ0v) is 13.1. The van der Waals surface area contributed by atoms with Crippen molar-refractivity contribution in [3.05, 3.63) is 27.9 Å². The lowest BCUT2D eigenvalue weighted by Gasteiger charge is -2.05. The van der Waals surface area contributed by atoms with Crippen molar-refractivity contribution in [3.63, 3.8) is 0 Å². The molecular formula is C14H15BrO5. The van der Waals surface area contributed by atoms with Crippen LogP contribution in [0, 0.1) is 6.92 Å². The molecule has 0 fully saturated rings. The lowest BCUT2D eigenvalue weighted by atomic mass is 10.1. The molecule has 5 nitrogen and oxygen atoms in total. The van der Waals surface area contributed by atoms with Gasteiger partial charge in [0.05, 0.1) is 18.2 Å². The summed E-state index contributed by atoms with van der Waals surface area (Å²) < 4.78 is 21.6. The van der Waals surface area contributed by atoms with Crippen molar-refractivity contribution < 1.29 is 23.4 Å². The molecule has 20 heavy (non-hydrogen) atoms. The molecule has 1 aromatic heterocycles. The average Bonchev–Trinajstić information content (AvgIpc) is 2.72. The van der Waals surface area contributed by atoms with E-state index in [-0.39, 0.29) is 6.61 Å². The van der Waals surface area contributed by atoms with Crippen LogP contribution in [-0.2, 0) is 9.47 Å². The number of carbonyl (C=O) groups is 1. The van der Waals surface area contributed by atoms with Crippen LogP contribution in [0.5, 0.6) is 5.75 Å². The molecule has 0 aliphatic heterocycles. The lowest BCUT2D eigenvalue weighted by molar-refractivity contribution is 0.0388. The Labute approximate surface area is 124 Å².